The van der Waals surface area contributed by atoms with Crippen molar-refractivity contribution in [1.82, 2.24) is 14.9 Å². The number of aryl methyl sites for hydroxylation is 1. The number of nitrogens with one attached hydrogen (secondary N) is 2. The summed E-state index contributed by atoms with van der Waals surface area (Å²) in [5.41, 5.74) is 3.09. The molecule has 2 rings (SSSR count). The first kappa shape index (κ1) is 26.7. The number of sulfonamides is 1. The molecule has 0 fully saturated rings. The zero-order valence-corrected chi connectivity index (χ0v) is 22.1. The van der Waals surface area contributed by atoms with Gasteiger partial charge in [0.1, 0.15) is 0 Å². The molecule has 0 heterocycles. The van der Waals surface area contributed by atoms with Gasteiger partial charge in [-0.2, -0.15) is 0 Å². The Hall–Kier alpha value is -1.30. The van der Waals surface area contributed by atoms with Gasteiger partial charge in [0.2, 0.25) is 10.0 Å². The molecule has 2 aromatic rings. The van der Waals surface area contributed by atoms with Crippen molar-refractivity contribution in [2.24, 2.45) is 4.99 Å². The largest absolute Gasteiger partial charge is 0.357 e. The molecule has 0 bridgehead atoms. The van der Waals surface area contributed by atoms with Gasteiger partial charge in [0.15, 0.2) is 5.96 Å². The first-order valence-corrected chi connectivity index (χ1v) is 12.1. The van der Waals surface area contributed by atoms with Gasteiger partial charge < -0.3 is 10.6 Å². The minimum atomic E-state index is -3.51. The van der Waals surface area contributed by atoms with E-state index in [0.29, 0.717) is 36.1 Å². The number of halogens is 1. The Morgan fingerprint density at radius 3 is 2.43 bits per heavy atom. The first-order valence-electron chi connectivity index (χ1n) is 9.45. The van der Waals surface area contributed by atoms with Crippen molar-refractivity contribution < 1.29 is 8.42 Å². The second-order valence-corrected chi connectivity index (χ2v) is 9.73. The molecule has 166 valence electrons. The molecule has 0 radical (unpaired) electrons. The predicted molar refractivity (Wildman–Crippen MR) is 137 cm³/mol. The third kappa shape index (κ3) is 7.14. The fourth-order valence-corrected chi connectivity index (χ4v) is 4.58. The van der Waals surface area contributed by atoms with E-state index in [9.17, 15) is 8.42 Å². The lowest BCUT2D eigenvalue weighted by Gasteiger charge is -2.17. The minimum Gasteiger partial charge on any atom is -0.357 e. The van der Waals surface area contributed by atoms with Gasteiger partial charge in [-0.1, -0.05) is 30.3 Å². The Balaban J connectivity index is 0.00000450. The van der Waals surface area contributed by atoms with Crippen LogP contribution in [-0.2, 0) is 23.1 Å². The third-order valence-corrected chi connectivity index (χ3v) is 7.11. The van der Waals surface area contributed by atoms with Crippen molar-refractivity contribution in [2.45, 2.75) is 36.7 Å². The Labute approximate surface area is 202 Å². The molecule has 6 nitrogen and oxygen atoms in total. The van der Waals surface area contributed by atoms with Crippen molar-refractivity contribution in [3.63, 3.8) is 0 Å². The number of nitrogens with zero attached hydrogens (tertiary/aromatic N) is 2. The van der Waals surface area contributed by atoms with Crippen molar-refractivity contribution >= 4 is 51.7 Å². The van der Waals surface area contributed by atoms with Gasteiger partial charge in [-0.05, 0) is 48.9 Å². The van der Waals surface area contributed by atoms with Crippen LogP contribution in [0.15, 0.2) is 57.2 Å². The van der Waals surface area contributed by atoms with E-state index in [0.717, 1.165) is 5.56 Å². The van der Waals surface area contributed by atoms with E-state index in [1.54, 1.807) is 23.9 Å². The summed E-state index contributed by atoms with van der Waals surface area (Å²) in [5, 5.41) is 6.48. The van der Waals surface area contributed by atoms with Crippen LogP contribution in [0.2, 0.25) is 0 Å². The van der Waals surface area contributed by atoms with E-state index in [1.165, 1.54) is 28.9 Å². The highest BCUT2D eigenvalue weighted by Gasteiger charge is 2.20. The molecule has 2 N–H and O–H groups in total. The van der Waals surface area contributed by atoms with Gasteiger partial charge in [0, 0.05) is 32.1 Å². The number of aliphatic imine (C=N–C) groups is 1. The summed E-state index contributed by atoms with van der Waals surface area (Å²) >= 11 is 1.71. The molecule has 0 aliphatic carbocycles. The maximum atomic E-state index is 12.6. The summed E-state index contributed by atoms with van der Waals surface area (Å²) < 4.78 is 26.4. The number of thioether (sulfide) groups is 1. The van der Waals surface area contributed by atoms with E-state index >= 15 is 0 Å². The molecular formula is C21H31IN4O2S2. The van der Waals surface area contributed by atoms with Gasteiger partial charge in [-0.3, -0.25) is 0 Å². The normalized spacial score (nSPS) is 11.9. The Morgan fingerprint density at radius 1 is 1.10 bits per heavy atom. The second-order valence-electron chi connectivity index (χ2n) is 6.76. The molecule has 0 saturated heterocycles. The average molecular weight is 563 g/mol. The summed E-state index contributed by atoms with van der Waals surface area (Å²) in [4.78, 5) is 6.20. The molecule has 0 aliphatic heterocycles. The van der Waals surface area contributed by atoms with Crippen molar-refractivity contribution in [3.8, 4) is 0 Å². The lowest BCUT2D eigenvalue weighted by Crippen LogP contribution is -2.37. The molecule has 9 heteroatoms. The van der Waals surface area contributed by atoms with Crippen LogP contribution in [0.25, 0.3) is 0 Å². The Bertz CT molecular complexity index is 963. The van der Waals surface area contributed by atoms with Crippen LogP contribution in [-0.4, -0.2) is 45.6 Å². The summed E-state index contributed by atoms with van der Waals surface area (Å²) in [5.74, 6) is 0.650. The molecule has 0 aromatic heterocycles. The Morgan fingerprint density at radius 2 is 1.80 bits per heavy atom. The van der Waals surface area contributed by atoms with Crippen LogP contribution in [0.1, 0.15) is 23.6 Å². The monoisotopic (exact) mass is 562 g/mol. The lowest BCUT2D eigenvalue weighted by atomic mass is 10.1. The van der Waals surface area contributed by atoms with E-state index in [2.05, 4.69) is 47.0 Å². The zero-order valence-electron chi connectivity index (χ0n) is 18.1. The van der Waals surface area contributed by atoms with Crippen molar-refractivity contribution in [1.29, 1.82) is 0 Å². The summed E-state index contributed by atoms with van der Waals surface area (Å²) in [6.07, 6.45) is 2.06. The maximum Gasteiger partial charge on any atom is 0.242 e. The summed E-state index contributed by atoms with van der Waals surface area (Å²) in [6, 6.07) is 13.4. The lowest BCUT2D eigenvalue weighted by molar-refractivity contribution is 0.519. The van der Waals surface area contributed by atoms with Crippen LogP contribution >= 0.6 is 35.7 Å². The minimum absolute atomic E-state index is 0. The average Bonchev–Trinajstić information content (AvgIpc) is 2.70. The fraction of sp³-hybridized carbons (Fsp3) is 0.381. The summed E-state index contributed by atoms with van der Waals surface area (Å²) in [7, 11) is -0.430. The molecule has 0 saturated carbocycles. The molecule has 0 aliphatic rings. The van der Waals surface area contributed by atoms with Crippen LogP contribution in [0.3, 0.4) is 0 Å². The van der Waals surface area contributed by atoms with Crippen LogP contribution in [0.5, 0.6) is 0 Å². The quantitative estimate of drug-likeness (QED) is 0.222. The Kier molecular flexibility index (Phi) is 11.2. The van der Waals surface area contributed by atoms with Gasteiger partial charge in [-0.25, -0.2) is 17.7 Å². The van der Waals surface area contributed by atoms with Crippen LogP contribution < -0.4 is 10.6 Å². The number of benzene rings is 2. The van der Waals surface area contributed by atoms with E-state index in [4.69, 9.17) is 0 Å². The van der Waals surface area contributed by atoms with E-state index in [-0.39, 0.29) is 24.0 Å². The number of hydrogen-bond donors (Lipinski definition) is 2. The smallest absolute Gasteiger partial charge is 0.242 e. The van der Waals surface area contributed by atoms with Crippen LogP contribution in [0, 0.1) is 6.92 Å². The molecule has 30 heavy (non-hydrogen) atoms. The molecule has 0 amide bonds. The van der Waals surface area contributed by atoms with E-state index in [1.807, 2.05) is 19.1 Å². The molecular weight excluding hydrogens is 531 g/mol. The number of hydrogen-bond acceptors (Lipinski definition) is 4. The van der Waals surface area contributed by atoms with Gasteiger partial charge in [0.25, 0.3) is 0 Å². The maximum absolute atomic E-state index is 12.6. The molecule has 0 atom stereocenters. The van der Waals surface area contributed by atoms with Gasteiger partial charge in [0.05, 0.1) is 11.4 Å². The van der Waals surface area contributed by atoms with Gasteiger partial charge in [-0.15, -0.1) is 35.7 Å². The highest BCUT2D eigenvalue weighted by atomic mass is 127. The highest BCUT2D eigenvalue weighted by Crippen LogP contribution is 2.22. The molecule has 2 aromatic carbocycles. The topological polar surface area (TPSA) is 73.8 Å². The van der Waals surface area contributed by atoms with Crippen LogP contribution in [0.4, 0.5) is 0 Å². The molecule has 0 unspecified atom stereocenters. The summed E-state index contributed by atoms with van der Waals surface area (Å²) in [6.45, 7) is 5.70. The zero-order chi connectivity index (χ0) is 21.4. The second kappa shape index (κ2) is 12.5. The fourth-order valence-electron chi connectivity index (χ4n) is 2.77. The standard InChI is InChI=1S/C21H30N4O2S2.HI/c1-6-22-21(23-14-17-12-11-16(2)13-19(17)28-5)24-15-18-9-7-8-10-20(18)29(26,27)25(3)4;/h7-13H,6,14-15H2,1-5H3,(H2,22,23,24);1H. The van der Waals surface area contributed by atoms with Crippen molar-refractivity contribution in [3.05, 3.63) is 59.2 Å². The number of guanidine groups is 1. The third-order valence-electron chi connectivity index (χ3n) is 4.37. The van der Waals surface area contributed by atoms with Crippen molar-refractivity contribution in [2.75, 3.05) is 26.9 Å². The molecule has 0 spiro atoms. The predicted octanol–water partition coefficient (Wildman–Crippen LogP) is 3.84. The first-order chi connectivity index (χ1) is 13.8. The number of rotatable bonds is 8. The van der Waals surface area contributed by atoms with Gasteiger partial charge >= 0.3 is 0 Å². The highest BCUT2D eigenvalue weighted by molar-refractivity contribution is 14.0. The SMILES string of the molecule is CCNC(=NCc1ccc(C)cc1SC)NCc1ccccc1S(=O)(=O)N(C)C.I. The van der Waals surface area contributed by atoms with E-state index < -0.39 is 10.0 Å².